The van der Waals surface area contributed by atoms with E-state index in [1.807, 2.05) is 36.4 Å². The number of esters is 1. The Labute approximate surface area is 227 Å². The van der Waals surface area contributed by atoms with Gasteiger partial charge in [-0.25, -0.2) is 14.2 Å². The van der Waals surface area contributed by atoms with E-state index in [9.17, 15) is 14.0 Å². The van der Waals surface area contributed by atoms with Crippen LogP contribution in [0.4, 0.5) is 4.39 Å². The average Bonchev–Trinajstić information content (AvgIpc) is 3.27. The first-order valence-electron chi connectivity index (χ1n) is 12.1. The molecule has 1 aliphatic heterocycles. The fourth-order valence-corrected chi connectivity index (χ4v) is 5.33. The minimum atomic E-state index is -0.875. The minimum Gasteiger partial charge on any atom is -0.479 e. The van der Waals surface area contributed by atoms with E-state index >= 15 is 0 Å². The zero-order valence-electron chi connectivity index (χ0n) is 20.8. The molecule has 9 heteroatoms. The lowest BCUT2D eigenvalue weighted by atomic mass is 9.93. The second-order valence-electron chi connectivity index (χ2n) is 8.50. The molecular formula is C30H22FN3O4S. The minimum absolute atomic E-state index is 0.0616. The summed E-state index contributed by atoms with van der Waals surface area (Å²) in [7, 11) is 0. The highest BCUT2D eigenvalue weighted by atomic mass is 32.1. The third-order valence-electron chi connectivity index (χ3n) is 6.04. The lowest BCUT2D eigenvalue weighted by Crippen LogP contribution is -2.40. The Bertz CT molecular complexity index is 1770. The van der Waals surface area contributed by atoms with E-state index in [4.69, 9.17) is 19.7 Å². The number of ether oxygens (including phenoxy) is 2. The molecule has 1 atom stereocenters. The fourth-order valence-electron chi connectivity index (χ4n) is 4.33. The van der Waals surface area contributed by atoms with Crippen molar-refractivity contribution in [2.24, 2.45) is 4.99 Å². The number of carbonyl (C=O) groups excluding carboxylic acids is 1. The van der Waals surface area contributed by atoms with E-state index in [0.717, 1.165) is 5.56 Å². The molecule has 0 saturated heterocycles. The average molecular weight is 540 g/mol. The first-order chi connectivity index (χ1) is 19.0. The van der Waals surface area contributed by atoms with Gasteiger partial charge in [-0.1, -0.05) is 65.9 Å². The summed E-state index contributed by atoms with van der Waals surface area (Å²) in [5.74, 6) is -0.493. The van der Waals surface area contributed by atoms with Gasteiger partial charge < -0.3 is 9.47 Å². The molecule has 194 valence electrons. The Hall–Kier alpha value is -4.81. The third-order valence-corrected chi connectivity index (χ3v) is 7.02. The van der Waals surface area contributed by atoms with Crippen molar-refractivity contribution in [3.05, 3.63) is 127 Å². The van der Waals surface area contributed by atoms with Gasteiger partial charge in [0, 0.05) is 5.56 Å². The van der Waals surface area contributed by atoms with Gasteiger partial charge in [0.15, 0.2) is 11.4 Å². The summed E-state index contributed by atoms with van der Waals surface area (Å²) in [6.07, 6.45) is 1.73. The first-order valence-corrected chi connectivity index (χ1v) is 13.0. The largest absolute Gasteiger partial charge is 0.479 e. The molecule has 4 aromatic rings. The van der Waals surface area contributed by atoms with Crippen LogP contribution in [0.3, 0.4) is 0 Å². The molecule has 1 aromatic heterocycles. The molecule has 0 N–H and O–H groups in total. The van der Waals surface area contributed by atoms with Crippen LogP contribution < -0.4 is 19.6 Å². The van der Waals surface area contributed by atoms with Crippen LogP contribution in [0, 0.1) is 17.1 Å². The fraction of sp³-hybridized carbons (Fsp3) is 0.133. The van der Waals surface area contributed by atoms with Gasteiger partial charge in [0.25, 0.3) is 5.56 Å². The summed E-state index contributed by atoms with van der Waals surface area (Å²) in [4.78, 5) is 32.4. The maximum absolute atomic E-state index is 13.9. The highest BCUT2D eigenvalue weighted by Crippen LogP contribution is 2.35. The number of hydrogen-bond donors (Lipinski definition) is 0. The molecule has 1 aliphatic rings. The molecule has 0 radical (unpaired) electrons. The van der Waals surface area contributed by atoms with Crippen molar-refractivity contribution in [1.29, 1.82) is 5.26 Å². The highest BCUT2D eigenvalue weighted by Gasteiger charge is 2.35. The third kappa shape index (κ3) is 5.28. The Kier molecular flexibility index (Phi) is 7.48. The second-order valence-corrected chi connectivity index (χ2v) is 9.51. The second kappa shape index (κ2) is 11.3. The van der Waals surface area contributed by atoms with E-state index < -0.39 is 17.8 Å². The molecule has 0 bridgehead atoms. The molecule has 0 amide bonds. The number of fused-ring (bicyclic) bond motifs is 1. The zero-order valence-corrected chi connectivity index (χ0v) is 21.7. The van der Waals surface area contributed by atoms with Gasteiger partial charge in [0.2, 0.25) is 0 Å². The number of nitriles is 1. The Morgan fingerprint density at radius 2 is 1.82 bits per heavy atom. The van der Waals surface area contributed by atoms with Gasteiger partial charge in [-0.05, 0) is 48.4 Å². The van der Waals surface area contributed by atoms with Crippen LogP contribution in [0.25, 0.3) is 11.8 Å². The Morgan fingerprint density at radius 1 is 1.10 bits per heavy atom. The summed E-state index contributed by atoms with van der Waals surface area (Å²) < 4.78 is 26.5. The van der Waals surface area contributed by atoms with E-state index in [-0.39, 0.29) is 24.3 Å². The van der Waals surface area contributed by atoms with Crippen LogP contribution in [0.5, 0.6) is 5.75 Å². The molecule has 0 spiro atoms. The van der Waals surface area contributed by atoms with Gasteiger partial charge in [-0.3, -0.25) is 9.36 Å². The molecular weight excluding hydrogens is 517 g/mol. The summed E-state index contributed by atoms with van der Waals surface area (Å²) in [5.41, 5.74) is 2.25. The van der Waals surface area contributed by atoms with Crippen molar-refractivity contribution >= 4 is 29.1 Å². The molecule has 1 unspecified atom stereocenters. The molecule has 3 aromatic carbocycles. The number of carbonyl (C=O) groups is 1. The number of halogens is 1. The van der Waals surface area contributed by atoms with Crippen molar-refractivity contribution < 1.29 is 18.7 Å². The molecule has 0 aliphatic carbocycles. The van der Waals surface area contributed by atoms with Crippen LogP contribution in [0.1, 0.15) is 29.7 Å². The van der Waals surface area contributed by atoms with Gasteiger partial charge in [0.05, 0.1) is 28.5 Å². The smallest absolute Gasteiger partial charge is 0.338 e. The number of thiazole rings is 1. The SMILES string of the molecule is CCOC(=O)C1=C(c2ccccc2)N=c2s/c(=C\c3ccc(OCC#N)cc3)c(=O)n2C1c1ccc(F)cc1. The number of hydrogen-bond acceptors (Lipinski definition) is 7. The highest BCUT2D eigenvalue weighted by molar-refractivity contribution is 7.07. The molecule has 0 saturated carbocycles. The molecule has 7 nitrogen and oxygen atoms in total. The van der Waals surface area contributed by atoms with Gasteiger partial charge in [0.1, 0.15) is 17.6 Å². The normalized spacial score (nSPS) is 14.8. The lowest BCUT2D eigenvalue weighted by molar-refractivity contribution is -0.138. The van der Waals surface area contributed by atoms with Gasteiger partial charge in [-0.15, -0.1) is 0 Å². The zero-order chi connectivity index (χ0) is 27.4. The number of benzene rings is 3. The van der Waals surface area contributed by atoms with Crippen LogP contribution in [0.2, 0.25) is 0 Å². The van der Waals surface area contributed by atoms with Crippen molar-refractivity contribution in [3.8, 4) is 11.8 Å². The van der Waals surface area contributed by atoms with Gasteiger partial charge in [-0.2, -0.15) is 5.26 Å². The summed E-state index contributed by atoms with van der Waals surface area (Å²) in [5, 5.41) is 8.70. The summed E-state index contributed by atoms with van der Waals surface area (Å²) >= 11 is 1.20. The predicted octanol–water partition coefficient (Wildman–Crippen LogP) is 3.98. The number of aromatic nitrogens is 1. The molecule has 5 rings (SSSR count). The Morgan fingerprint density at radius 3 is 2.49 bits per heavy atom. The quantitative estimate of drug-likeness (QED) is 0.331. The van der Waals surface area contributed by atoms with Crippen LogP contribution in [-0.4, -0.2) is 23.8 Å². The van der Waals surface area contributed by atoms with Crippen LogP contribution in [0.15, 0.2) is 94.2 Å². The monoisotopic (exact) mass is 539 g/mol. The van der Waals surface area contributed by atoms with Crippen LogP contribution in [-0.2, 0) is 9.53 Å². The van der Waals surface area contributed by atoms with E-state index in [1.54, 1.807) is 49.4 Å². The van der Waals surface area contributed by atoms with Crippen molar-refractivity contribution in [2.75, 3.05) is 13.2 Å². The van der Waals surface area contributed by atoms with Crippen molar-refractivity contribution in [1.82, 2.24) is 4.57 Å². The summed E-state index contributed by atoms with van der Waals surface area (Å²) in [6, 6.07) is 23.0. The number of nitrogens with zero attached hydrogens (tertiary/aromatic N) is 3. The Balaban J connectivity index is 1.73. The van der Waals surface area contributed by atoms with Crippen LogP contribution >= 0.6 is 11.3 Å². The summed E-state index contributed by atoms with van der Waals surface area (Å²) in [6.45, 7) is 1.78. The van der Waals surface area contributed by atoms with Crippen molar-refractivity contribution in [3.63, 3.8) is 0 Å². The number of rotatable bonds is 7. The first kappa shape index (κ1) is 25.8. The van der Waals surface area contributed by atoms with Gasteiger partial charge >= 0.3 is 5.97 Å². The molecule has 39 heavy (non-hydrogen) atoms. The predicted molar refractivity (Wildman–Crippen MR) is 145 cm³/mol. The maximum atomic E-state index is 13.9. The van der Waals surface area contributed by atoms with E-state index in [1.165, 1.54) is 28.0 Å². The molecule has 0 fully saturated rings. The van der Waals surface area contributed by atoms with E-state index in [0.29, 0.717) is 31.9 Å². The maximum Gasteiger partial charge on any atom is 0.338 e. The molecule has 2 heterocycles. The van der Waals surface area contributed by atoms with Crippen molar-refractivity contribution in [2.45, 2.75) is 13.0 Å². The topological polar surface area (TPSA) is 93.7 Å². The lowest BCUT2D eigenvalue weighted by Gasteiger charge is -2.25. The van der Waals surface area contributed by atoms with E-state index in [2.05, 4.69) is 0 Å². The standard InChI is InChI=1S/C30H22FN3O4S/c1-2-37-29(36)25-26(20-6-4-3-5-7-20)33-30-34(27(25)21-10-12-22(31)13-11-21)28(35)24(39-30)18-19-8-14-23(15-9-19)38-17-16-32/h3-15,18,27H,2,17H2,1H3/b24-18-.